The van der Waals surface area contributed by atoms with E-state index in [9.17, 15) is 15.0 Å². The average molecular weight is 247 g/mol. The molecule has 0 spiro atoms. The summed E-state index contributed by atoms with van der Waals surface area (Å²) in [6.45, 7) is 3.44. The predicted molar refractivity (Wildman–Crippen MR) is 65.8 cm³/mol. The van der Waals surface area contributed by atoms with Crippen molar-refractivity contribution in [3.8, 4) is 11.5 Å². The van der Waals surface area contributed by atoms with Crippen LogP contribution in [0.4, 0.5) is 5.82 Å². The lowest BCUT2D eigenvalue weighted by molar-refractivity contribution is 0.102. The zero-order chi connectivity index (χ0) is 13.3. The molecule has 6 nitrogen and oxygen atoms in total. The summed E-state index contributed by atoms with van der Waals surface area (Å²) >= 11 is 0. The van der Waals surface area contributed by atoms with E-state index < -0.39 is 11.7 Å². The number of hydrogen-bond donors (Lipinski definition) is 4. The third-order valence-electron chi connectivity index (χ3n) is 2.55. The number of phenols is 2. The minimum absolute atomic E-state index is 0.00115. The van der Waals surface area contributed by atoms with Gasteiger partial charge >= 0.3 is 0 Å². The molecule has 0 bridgehead atoms. The number of aromatic hydroxyl groups is 2. The summed E-state index contributed by atoms with van der Waals surface area (Å²) in [5.74, 6) is -0.896. The van der Waals surface area contributed by atoms with E-state index >= 15 is 0 Å². The van der Waals surface area contributed by atoms with Gasteiger partial charge in [0, 0.05) is 11.8 Å². The van der Waals surface area contributed by atoms with Crippen LogP contribution in [0.1, 0.15) is 21.6 Å². The first-order valence-electron chi connectivity index (χ1n) is 5.34. The third-order valence-corrected chi connectivity index (χ3v) is 2.55. The summed E-state index contributed by atoms with van der Waals surface area (Å²) in [6.07, 6.45) is 0. The lowest BCUT2D eigenvalue weighted by Crippen LogP contribution is -2.12. The van der Waals surface area contributed by atoms with Gasteiger partial charge in [-0.05, 0) is 25.5 Å². The Morgan fingerprint density at radius 1 is 1.28 bits per heavy atom. The number of aromatic amines is 1. The third kappa shape index (κ3) is 2.13. The number of H-pyrrole nitrogens is 1. The molecule has 4 N–H and O–H groups in total. The molecule has 1 heterocycles. The highest BCUT2D eigenvalue weighted by atomic mass is 16.3. The Morgan fingerprint density at radius 2 is 2.00 bits per heavy atom. The van der Waals surface area contributed by atoms with Crippen molar-refractivity contribution < 1.29 is 15.0 Å². The molecule has 0 saturated carbocycles. The van der Waals surface area contributed by atoms with Gasteiger partial charge in [0.1, 0.15) is 0 Å². The molecule has 0 saturated heterocycles. The summed E-state index contributed by atoms with van der Waals surface area (Å²) < 4.78 is 0. The van der Waals surface area contributed by atoms with Gasteiger partial charge in [-0.25, -0.2) is 0 Å². The number of amides is 1. The maximum atomic E-state index is 11.9. The van der Waals surface area contributed by atoms with Crippen LogP contribution in [0.15, 0.2) is 18.2 Å². The monoisotopic (exact) mass is 247 g/mol. The molecule has 0 atom stereocenters. The Labute approximate surface area is 103 Å². The van der Waals surface area contributed by atoms with Crippen LogP contribution < -0.4 is 5.32 Å². The van der Waals surface area contributed by atoms with E-state index in [0.29, 0.717) is 11.4 Å². The zero-order valence-corrected chi connectivity index (χ0v) is 9.98. The SMILES string of the molecule is Cc1cc(NC(=O)c2ccc(C)c(O)c2O)n[nH]1. The van der Waals surface area contributed by atoms with Crippen LogP contribution >= 0.6 is 0 Å². The Bertz CT molecular complexity index is 605. The minimum Gasteiger partial charge on any atom is -0.504 e. The maximum absolute atomic E-state index is 11.9. The van der Waals surface area contributed by atoms with E-state index in [1.54, 1.807) is 26.0 Å². The highest BCUT2D eigenvalue weighted by molar-refractivity contribution is 6.06. The highest BCUT2D eigenvalue weighted by Gasteiger charge is 2.16. The largest absolute Gasteiger partial charge is 0.504 e. The standard InChI is InChI=1S/C12H13N3O3/c1-6-3-4-8(11(17)10(6)16)12(18)13-9-5-7(2)14-15-9/h3-5,16-17H,1-2H3,(H2,13,14,15,18). The molecule has 0 radical (unpaired) electrons. The Kier molecular flexibility index (Phi) is 2.93. The average Bonchev–Trinajstić information content (AvgIpc) is 2.71. The molecular weight excluding hydrogens is 234 g/mol. The molecule has 1 amide bonds. The minimum atomic E-state index is -0.533. The number of benzene rings is 1. The van der Waals surface area contributed by atoms with Gasteiger partial charge in [-0.1, -0.05) is 6.07 Å². The predicted octanol–water partition coefficient (Wildman–Crippen LogP) is 1.69. The normalized spacial score (nSPS) is 10.3. The molecule has 2 rings (SSSR count). The van der Waals surface area contributed by atoms with Gasteiger partial charge < -0.3 is 15.5 Å². The number of carbonyl (C=O) groups excluding carboxylic acids is 1. The van der Waals surface area contributed by atoms with Crippen molar-refractivity contribution in [2.45, 2.75) is 13.8 Å². The fraction of sp³-hybridized carbons (Fsp3) is 0.167. The van der Waals surface area contributed by atoms with Crippen LogP contribution in [0.2, 0.25) is 0 Å². The molecule has 18 heavy (non-hydrogen) atoms. The second-order valence-corrected chi connectivity index (χ2v) is 4.02. The lowest BCUT2D eigenvalue weighted by Gasteiger charge is -2.07. The first-order chi connectivity index (χ1) is 8.49. The Morgan fingerprint density at radius 3 is 2.61 bits per heavy atom. The summed E-state index contributed by atoms with van der Waals surface area (Å²) in [4.78, 5) is 11.9. The van der Waals surface area contributed by atoms with Crippen LogP contribution in [-0.2, 0) is 0 Å². The molecule has 0 unspecified atom stereocenters. The second kappa shape index (κ2) is 4.40. The number of nitrogens with zero attached hydrogens (tertiary/aromatic N) is 1. The molecule has 1 aromatic heterocycles. The van der Waals surface area contributed by atoms with Crippen molar-refractivity contribution in [1.82, 2.24) is 10.2 Å². The van der Waals surface area contributed by atoms with E-state index in [0.717, 1.165) is 5.69 Å². The summed E-state index contributed by atoms with van der Waals surface area (Å²) in [5, 5.41) is 28.3. The van der Waals surface area contributed by atoms with Crippen LogP contribution in [0.25, 0.3) is 0 Å². The van der Waals surface area contributed by atoms with Crippen LogP contribution in [0.5, 0.6) is 11.5 Å². The molecule has 2 aromatic rings. The molecule has 94 valence electrons. The van der Waals surface area contributed by atoms with Crippen molar-refractivity contribution in [3.63, 3.8) is 0 Å². The van der Waals surface area contributed by atoms with Crippen LogP contribution in [0, 0.1) is 13.8 Å². The van der Waals surface area contributed by atoms with Crippen molar-refractivity contribution in [2.75, 3.05) is 5.32 Å². The van der Waals surface area contributed by atoms with E-state index in [-0.39, 0.29) is 11.3 Å². The Balaban J connectivity index is 2.27. The topological polar surface area (TPSA) is 98.2 Å². The Hall–Kier alpha value is -2.50. The number of nitrogens with one attached hydrogen (secondary N) is 2. The molecule has 0 aliphatic heterocycles. The summed E-state index contributed by atoms with van der Waals surface area (Å²) in [5.41, 5.74) is 1.31. The fourth-order valence-corrected chi connectivity index (χ4v) is 1.53. The number of aryl methyl sites for hydroxylation is 2. The number of anilines is 1. The number of phenolic OH excluding ortho intramolecular Hbond substituents is 2. The van der Waals surface area contributed by atoms with Gasteiger partial charge in [-0.15, -0.1) is 0 Å². The number of hydrogen-bond acceptors (Lipinski definition) is 4. The summed E-state index contributed by atoms with van der Waals surface area (Å²) in [6, 6.07) is 4.65. The second-order valence-electron chi connectivity index (χ2n) is 4.02. The zero-order valence-electron chi connectivity index (χ0n) is 9.98. The van der Waals surface area contributed by atoms with Crippen LogP contribution in [0.3, 0.4) is 0 Å². The van der Waals surface area contributed by atoms with Gasteiger partial charge in [0.2, 0.25) is 0 Å². The van der Waals surface area contributed by atoms with Crippen molar-refractivity contribution in [1.29, 1.82) is 0 Å². The first-order valence-corrected chi connectivity index (χ1v) is 5.34. The van der Waals surface area contributed by atoms with Crippen molar-refractivity contribution in [3.05, 3.63) is 35.0 Å². The summed E-state index contributed by atoms with van der Waals surface area (Å²) in [7, 11) is 0. The van der Waals surface area contributed by atoms with E-state index in [1.807, 2.05) is 0 Å². The van der Waals surface area contributed by atoms with Gasteiger partial charge in [-0.2, -0.15) is 5.10 Å². The van der Waals surface area contributed by atoms with E-state index in [4.69, 9.17) is 0 Å². The van der Waals surface area contributed by atoms with Crippen molar-refractivity contribution in [2.24, 2.45) is 0 Å². The molecule has 0 fully saturated rings. The van der Waals surface area contributed by atoms with Crippen LogP contribution in [-0.4, -0.2) is 26.3 Å². The molecule has 1 aromatic carbocycles. The smallest absolute Gasteiger partial charge is 0.260 e. The number of aromatic nitrogens is 2. The van der Waals surface area contributed by atoms with E-state index in [2.05, 4.69) is 15.5 Å². The van der Waals surface area contributed by atoms with Gasteiger partial charge in [0.05, 0.1) is 5.56 Å². The van der Waals surface area contributed by atoms with E-state index in [1.165, 1.54) is 6.07 Å². The number of rotatable bonds is 2. The molecule has 6 heteroatoms. The first kappa shape index (κ1) is 12.0. The molecule has 0 aliphatic carbocycles. The number of carbonyl (C=O) groups is 1. The van der Waals surface area contributed by atoms with Crippen molar-refractivity contribution >= 4 is 11.7 Å². The van der Waals surface area contributed by atoms with Gasteiger partial charge in [0.25, 0.3) is 5.91 Å². The molecular formula is C12H13N3O3. The highest BCUT2D eigenvalue weighted by Crippen LogP contribution is 2.32. The molecule has 0 aliphatic rings. The lowest BCUT2D eigenvalue weighted by atomic mass is 10.1. The maximum Gasteiger partial charge on any atom is 0.260 e. The fourth-order valence-electron chi connectivity index (χ4n) is 1.53. The van der Waals surface area contributed by atoms with Gasteiger partial charge in [0.15, 0.2) is 17.3 Å². The quantitative estimate of drug-likeness (QED) is 0.607. The van der Waals surface area contributed by atoms with Gasteiger partial charge in [-0.3, -0.25) is 9.89 Å².